The third-order valence-electron chi connectivity index (χ3n) is 3.45. The first-order valence-corrected chi connectivity index (χ1v) is 8.14. The Balaban J connectivity index is 1.85. The van der Waals surface area contributed by atoms with Gasteiger partial charge < -0.3 is 15.2 Å². The Kier molecular flexibility index (Phi) is 5.68. The lowest BCUT2D eigenvalue weighted by molar-refractivity contribution is -0.149. The second kappa shape index (κ2) is 7.52. The number of carboxylic acid groups (broad SMARTS) is 1. The predicted octanol–water partition coefficient (Wildman–Crippen LogP) is 2.22. The fourth-order valence-electron chi connectivity index (χ4n) is 2.24. The number of hydrogen-bond acceptors (Lipinski definition) is 5. The van der Waals surface area contributed by atoms with Crippen LogP contribution >= 0.6 is 11.3 Å². The van der Waals surface area contributed by atoms with Gasteiger partial charge in [0.05, 0.1) is 21.8 Å². The maximum Gasteiger partial charge on any atom is 0.331 e. The lowest BCUT2D eigenvalue weighted by atomic mass is 10.0. The highest BCUT2D eigenvalue weighted by Gasteiger charge is 2.34. The molecule has 2 aromatic rings. The lowest BCUT2D eigenvalue weighted by Crippen LogP contribution is -2.55. The summed E-state index contributed by atoms with van der Waals surface area (Å²) < 4.78 is 6.00. The van der Waals surface area contributed by atoms with Crippen molar-refractivity contribution in [2.45, 2.75) is 31.7 Å². The number of nitrogens with one attached hydrogen (secondary N) is 1. The molecule has 124 valence electrons. The number of carboxylic acids is 1. The number of benzene rings is 1. The zero-order valence-corrected chi connectivity index (χ0v) is 14.0. The van der Waals surface area contributed by atoms with E-state index >= 15 is 0 Å². The first kappa shape index (κ1) is 17.4. The Morgan fingerprint density at radius 3 is 2.78 bits per heavy atom. The molecule has 1 amide bonds. The molecule has 2 N–H and O–H groups in total. The van der Waals surface area contributed by atoms with Crippen LogP contribution in [0.25, 0.3) is 10.2 Å². The highest BCUT2D eigenvalue weighted by Crippen LogP contribution is 2.22. The largest absolute Gasteiger partial charge is 0.479 e. The van der Waals surface area contributed by atoms with E-state index in [1.807, 2.05) is 24.3 Å². The van der Waals surface area contributed by atoms with Gasteiger partial charge in [-0.05, 0) is 31.9 Å². The number of carbonyl (C=O) groups is 2. The topological polar surface area (TPSA) is 88.5 Å². The smallest absolute Gasteiger partial charge is 0.331 e. The van der Waals surface area contributed by atoms with Gasteiger partial charge in [0.15, 0.2) is 5.54 Å². The number of thiazole rings is 1. The molecule has 0 radical (unpaired) electrons. The van der Waals surface area contributed by atoms with Gasteiger partial charge in [0, 0.05) is 13.5 Å². The van der Waals surface area contributed by atoms with Gasteiger partial charge in [0.25, 0.3) is 0 Å². The van der Waals surface area contributed by atoms with Gasteiger partial charge in [0.1, 0.15) is 0 Å². The summed E-state index contributed by atoms with van der Waals surface area (Å²) in [5, 5.41) is 12.7. The molecule has 0 bridgehead atoms. The van der Waals surface area contributed by atoms with Crippen molar-refractivity contribution >= 4 is 33.4 Å². The molecular formula is C16H20N2O4S. The van der Waals surface area contributed by atoms with E-state index in [1.165, 1.54) is 14.0 Å². The SMILES string of the molecule is COCC(C)(NC(=O)CCCc1nc2ccccc2s1)C(=O)O. The van der Waals surface area contributed by atoms with E-state index in [4.69, 9.17) is 4.74 Å². The summed E-state index contributed by atoms with van der Waals surface area (Å²) in [5.41, 5.74) is -0.433. The van der Waals surface area contributed by atoms with Crippen molar-refractivity contribution in [3.8, 4) is 0 Å². The minimum absolute atomic E-state index is 0.0774. The van der Waals surface area contributed by atoms with Gasteiger partial charge in [-0.25, -0.2) is 9.78 Å². The Hall–Kier alpha value is -1.99. The van der Waals surface area contributed by atoms with Gasteiger partial charge in [-0.1, -0.05) is 12.1 Å². The number of aromatic nitrogens is 1. The molecule has 0 spiro atoms. The van der Waals surface area contributed by atoms with E-state index in [2.05, 4.69) is 10.3 Å². The molecule has 1 atom stereocenters. The quantitative estimate of drug-likeness (QED) is 0.772. The van der Waals surface area contributed by atoms with Gasteiger partial charge in [-0.2, -0.15) is 0 Å². The summed E-state index contributed by atoms with van der Waals surface area (Å²) in [5.74, 6) is -1.41. The molecule has 0 aliphatic rings. The molecule has 0 aliphatic carbocycles. The summed E-state index contributed by atoms with van der Waals surface area (Å²) in [6.07, 6.45) is 1.57. The molecule has 1 heterocycles. The third kappa shape index (κ3) is 4.49. The Morgan fingerprint density at radius 2 is 2.13 bits per heavy atom. The van der Waals surface area contributed by atoms with Crippen molar-refractivity contribution in [2.24, 2.45) is 0 Å². The minimum Gasteiger partial charge on any atom is -0.479 e. The number of aryl methyl sites for hydroxylation is 1. The molecule has 0 aliphatic heterocycles. The van der Waals surface area contributed by atoms with Crippen molar-refractivity contribution in [3.05, 3.63) is 29.3 Å². The molecule has 1 aromatic heterocycles. The highest BCUT2D eigenvalue weighted by molar-refractivity contribution is 7.18. The number of ether oxygens (including phenoxy) is 1. The Labute approximate surface area is 138 Å². The van der Waals surface area contributed by atoms with Crippen LogP contribution in [0.15, 0.2) is 24.3 Å². The molecular weight excluding hydrogens is 316 g/mol. The number of hydrogen-bond donors (Lipinski definition) is 2. The number of fused-ring (bicyclic) bond motifs is 1. The molecule has 23 heavy (non-hydrogen) atoms. The molecule has 0 saturated carbocycles. The molecule has 0 fully saturated rings. The van der Waals surface area contributed by atoms with Crippen LogP contribution < -0.4 is 5.32 Å². The molecule has 7 heteroatoms. The second-order valence-corrected chi connectivity index (χ2v) is 6.66. The molecule has 1 aromatic carbocycles. The summed E-state index contributed by atoms with van der Waals surface area (Å²) in [4.78, 5) is 27.7. The zero-order chi connectivity index (χ0) is 16.9. The first-order chi connectivity index (χ1) is 10.9. The Bertz CT molecular complexity index is 667. The van der Waals surface area contributed by atoms with Crippen LogP contribution in [0.3, 0.4) is 0 Å². The van der Waals surface area contributed by atoms with E-state index in [0.29, 0.717) is 12.8 Å². The number of nitrogens with zero attached hydrogens (tertiary/aromatic N) is 1. The van der Waals surface area contributed by atoms with E-state index in [-0.39, 0.29) is 18.9 Å². The summed E-state index contributed by atoms with van der Waals surface area (Å²) in [7, 11) is 1.40. The number of rotatable bonds is 8. The van der Waals surface area contributed by atoms with Crippen LogP contribution in [0.4, 0.5) is 0 Å². The van der Waals surface area contributed by atoms with Crippen molar-refractivity contribution < 1.29 is 19.4 Å². The average molecular weight is 336 g/mol. The number of para-hydroxylation sites is 1. The highest BCUT2D eigenvalue weighted by atomic mass is 32.1. The maximum absolute atomic E-state index is 12.0. The fraction of sp³-hybridized carbons (Fsp3) is 0.438. The number of aliphatic carboxylic acids is 1. The minimum atomic E-state index is -1.40. The van der Waals surface area contributed by atoms with Crippen LogP contribution in [0.5, 0.6) is 0 Å². The third-order valence-corrected chi connectivity index (χ3v) is 4.55. The molecule has 2 rings (SSSR count). The van der Waals surface area contributed by atoms with Crippen LogP contribution in [0.2, 0.25) is 0 Å². The van der Waals surface area contributed by atoms with Crippen molar-refractivity contribution in [1.29, 1.82) is 0 Å². The monoisotopic (exact) mass is 336 g/mol. The number of amides is 1. The van der Waals surface area contributed by atoms with Gasteiger partial charge in [0.2, 0.25) is 5.91 Å². The Morgan fingerprint density at radius 1 is 1.39 bits per heavy atom. The number of methoxy groups -OCH3 is 1. The van der Waals surface area contributed by atoms with Crippen LogP contribution in [-0.4, -0.2) is 41.2 Å². The second-order valence-electron chi connectivity index (χ2n) is 5.55. The zero-order valence-electron chi connectivity index (χ0n) is 13.2. The van der Waals surface area contributed by atoms with Crippen molar-refractivity contribution in [1.82, 2.24) is 10.3 Å². The summed E-state index contributed by atoms with van der Waals surface area (Å²) >= 11 is 1.62. The normalized spacial score (nSPS) is 13.7. The van der Waals surface area contributed by atoms with Crippen molar-refractivity contribution in [3.63, 3.8) is 0 Å². The van der Waals surface area contributed by atoms with Crippen LogP contribution in [-0.2, 0) is 20.7 Å². The van der Waals surface area contributed by atoms with E-state index in [9.17, 15) is 14.7 Å². The summed E-state index contributed by atoms with van der Waals surface area (Å²) in [6, 6.07) is 7.90. The fourth-order valence-corrected chi connectivity index (χ4v) is 3.25. The maximum atomic E-state index is 12.0. The van der Waals surface area contributed by atoms with E-state index in [0.717, 1.165) is 15.2 Å². The van der Waals surface area contributed by atoms with E-state index in [1.54, 1.807) is 11.3 Å². The van der Waals surface area contributed by atoms with Gasteiger partial charge in [-0.3, -0.25) is 4.79 Å². The van der Waals surface area contributed by atoms with Gasteiger partial charge >= 0.3 is 5.97 Å². The van der Waals surface area contributed by atoms with Crippen LogP contribution in [0.1, 0.15) is 24.8 Å². The number of carbonyl (C=O) groups excluding carboxylic acids is 1. The van der Waals surface area contributed by atoms with Crippen LogP contribution in [0, 0.1) is 0 Å². The first-order valence-electron chi connectivity index (χ1n) is 7.32. The van der Waals surface area contributed by atoms with Gasteiger partial charge in [-0.15, -0.1) is 11.3 Å². The van der Waals surface area contributed by atoms with E-state index < -0.39 is 11.5 Å². The standard InChI is InChI=1S/C16H20N2O4S/c1-16(10-22-2,15(20)21)18-13(19)8-5-9-14-17-11-6-3-4-7-12(11)23-14/h3-4,6-7H,5,8-10H2,1-2H3,(H,18,19)(H,20,21). The molecule has 1 unspecified atom stereocenters. The summed E-state index contributed by atoms with van der Waals surface area (Å²) in [6.45, 7) is 1.36. The molecule has 6 nitrogen and oxygen atoms in total. The van der Waals surface area contributed by atoms with Crippen molar-refractivity contribution in [2.75, 3.05) is 13.7 Å². The molecule has 0 saturated heterocycles. The average Bonchev–Trinajstić information content (AvgIpc) is 2.89. The lowest BCUT2D eigenvalue weighted by Gasteiger charge is -2.25. The predicted molar refractivity (Wildman–Crippen MR) is 88.6 cm³/mol.